The normalized spacial score (nSPS) is 12.2. The van der Waals surface area contributed by atoms with Crippen molar-refractivity contribution >= 4 is 35.0 Å². The number of nitrogens with one attached hydrogen (secondary N) is 1. The van der Waals surface area contributed by atoms with Crippen LogP contribution in [-0.4, -0.2) is 38.3 Å². The summed E-state index contributed by atoms with van der Waals surface area (Å²) in [5.74, 6) is 1.29. The monoisotopic (exact) mass is 448 g/mol. The second kappa shape index (κ2) is 9.78. The fourth-order valence-electron chi connectivity index (χ4n) is 3.64. The number of carbonyl (C=O) groups is 2. The standard InChI is InChI=1S/C25H24N2O4S/c1-30-22-12-7-18(15-23(22)31-2)25(29)26-19-8-10-20(11-9-19)32-16-24(28)27-14-13-17-5-3-4-6-21(17)27/h3-12,15H,13-14,16H2,1-2H3,(H,26,29). The number of hydrogen-bond acceptors (Lipinski definition) is 5. The van der Waals surface area contributed by atoms with E-state index in [0.717, 1.165) is 23.5 Å². The lowest BCUT2D eigenvalue weighted by Crippen LogP contribution is -2.30. The number of ether oxygens (including phenoxy) is 2. The highest BCUT2D eigenvalue weighted by molar-refractivity contribution is 8.00. The van der Waals surface area contributed by atoms with Crippen molar-refractivity contribution in [2.24, 2.45) is 0 Å². The number of hydrogen-bond donors (Lipinski definition) is 1. The van der Waals surface area contributed by atoms with Crippen LogP contribution in [0.25, 0.3) is 0 Å². The molecule has 7 heteroatoms. The van der Waals surface area contributed by atoms with E-state index >= 15 is 0 Å². The average Bonchev–Trinajstić information content (AvgIpc) is 3.27. The maximum atomic E-state index is 12.7. The molecule has 3 aromatic rings. The van der Waals surface area contributed by atoms with Crippen molar-refractivity contribution in [2.45, 2.75) is 11.3 Å². The van der Waals surface area contributed by atoms with Gasteiger partial charge in [-0.15, -0.1) is 11.8 Å². The number of amides is 2. The third kappa shape index (κ3) is 4.73. The number of thioether (sulfide) groups is 1. The van der Waals surface area contributed by atoms with E-state index in [1.54, 1.807) is 25.3 Å². The van der Waals surface area contributed by atoms with E-state index in [1.807, 2.05) is 47.4 Å². The van der Waals surface area contributed by atoms with Crippen molar-refractivity contribution in [3.8, 4) is 11.5 Å². The summed E-state index contributed by atoms with van der Waals surface area (Å²) in [5.41, 5.74) is 3.39. The minimum atomic E-state index is -0.241. The number of nitrogens with zero attached hydrogens (tertiary/aromatic N) is 1. The number of fused-ring (bicyclic) bond motifs is 1. The van der Waals surface area contributed by atoms with Gasteiger partial charge in [0.1, 0.15) is 0 Å². The molecule has 3 aromatic carbocycles. The number of rotatable bonds is 7. The molecule has 1 N–H and O–H groups in total. The first kappa shape index (κ1) is 21.8. The summed E-state index contributed by atoms with van der Waals surface area (Å²) in [5, 5.41) is 2.88. The van der Waals surface area contributed by atoms with Crippen LogP contribution in [0.15, 0.2) is 71.6 Å². The van der Waals surface area contributed by atoms with E-state index in [1.165, 1.54) is 24.4 Å². The van der Waals surface area contributed by atoms with Gasteiger partial charge in [0.05, 0.1) is 20.0 Å². The molecule has 32 heavy (non-hydrogen) atoms. The molecule has 0 radical (unpaired) electrons. The van der Waals surface area contributed by atoms with Crippen LogP contribution in [-0.2, 0) is 11.2 Å². The Kier molecular flexibility index (Phi) is 6.66. The number of carbonyl (C=O) groups excluding carboxylic acids is 2. The Labute approximate surface area is 191 Å². The Morgan fingerprint density at radius 1 is 0.969 bits per heavy atom. The van der Waals surface area contributed by atoms with Crippen LogP contribution >= 0.6 is 11.8 Å². The summed E-state index contributed by atoms with van der Waals surface area (Å²) in [6.07, 6.45) is 0.904. The van der Waals surface area contributed by atoms with Crippen molar-refractivity contribution in [3.63, 3.8) is 0 Å². The van der Waals surface area contributed by atoms with Crippen LogP contribution in [0.5, 0.6) is 11.5 Å². The van der Waals surface area contributed by atoms with Crippen LogP contribution in [0.1, 0.15) is 15.9 Å². The Morgan fingerprint density at radius 2 is 1.72 bits per heavy atom. The molecule has 0 saturated carbocycles. The molecular formula is C25H24N2O4S. The number of benzene rings is 3. The molecule has 0 spiro atoms. The SMILES string of the molecule is COc1ccc(C(=O)Nc2ccc(SCC(=O)N3CCc4ccccc43)cc2)cc1OC. The molecule has 1 aliphatic heterocycles. The molecule has 0 unspecified atom stereocenters. The Balaban J connectivity index is 1.33. The molecule has 2 amide bonds. The summed E-state index contributed by atoms with van der Waals surface area (Å²) in [7, 11) is 3.08. The van der Waals surface area contributed by atoms with Crippen LogP contribution in [0.2, 0.25) is 0 Å². The second-order valence-corrected chi connectivity index (χ2v) is 8.31. The lowest BCUT2D eigenvalue weighted by molar-refractivity contribution is -0.116. The average molecular weight is 449 g/mol. The first-order valence-corrected chi connectivity index (χ1v) is 11.2. The van der Waals surface area contributed by atoms with E-state index in [-0.39, 0.29) is 11.8 Å². The third-order valence-corrected chi connectivity index (χ3v) is 6.31. The van der Waals surface area contributed by atoms with Crippen molar-refractivity contribution in [1.82, 2.24) is 0 Å². The molecule has 0 saturated heterocycles. The van der Waals surface area contributed by atoms with Crippen LogP contribution in [0, 0.1) is 0 Å². The van der Waals surface area contributed by atoms with Gasteiger partial charge in [-0.05, 0) is 60.5 Å². The Hall–Kier alpha value is -3.45. The molecule has 1 aliphatic rings. The zero-order valence-corrected chi connectivity index (χ0v) is 18.8. The van der Waals surface area contributed by atoms with E-state index in [2.05, 4.69) is 11.4 Å². The predicted molar refractivity (Wildman–Crippen MR) is 127 cm³/mol. The third-order valence-electron chi connectivity index (χ3n) is 5.31. The zero-order valence-electron chi connectivity index (χ0n) is 18.0. The van der Waals surface area contributed by atoms with E-state index in [0.29, 0.717) is 28.5 Å². The predicted octanol–water partition coefficient (Wildman–Crippen LogP) is 4.64. The molecule has 0 aromatic heterocycles. The van der Waals surface area contributed by atoms with Gasteiger partial charge in [0.2, 0.25) is 5.91 Å². The van der Waals surface area contributed by atoms with E-state index in [4.69, 9.17) is 9.47 Å². The summed E-state index contributed by atoms with van der Waals surface area (Å²) >= 11 is 1.49. The lowest BCUT2D eigenvalue weighted by atomic mass is 10.2. The highest BCUT2D eigenvalue weighted by Crippen LogP contribution is 2.30. The van der Waals surface area contributed by atoms with E-state index < -0.39 is 0 Å². The van der Waals surface area contributed by atoms with Gasteiger partial charge in [0.25, 0.3) is 5.91 Å². The molecule has 0 aliphatic carbocycles. The maximum Gasteiger partial charge on any atom is 0.255 e. The molecule has 164 valence electrons. The van der Waals surface area contributed by atoms with Gasteiger partial charge in [-0.2, -0.15) is 0 Å². The van der Waals surface area contributed by atoms with Gasteiger partial charge in [0.15, 0.2) is 11.5 Å². The fourth-order valence-corrected chi connectivity index (χ4v) is 4.41. The topological polar surface area (TPSA) is 67.9 Å². The molecule has 1 heterocycles. The summed E-state index contributed by atoms with van der Waals surface area (Å²) in [6, 6.07) is 20.5. The second-order valence-electron chi connectivity index (χ2n) is 7.26. The molecule has 0 fully saturated rings. The van der Waals surface area contributed by atoms with Crippen LogP contribution < -0.4 is 19.7 Å². The van der Waals surface area contributed by atoms with Crippen LogP contribution in [0.4, 0.5) is 11.4 Å². The van der Waals surface area contributed by atoms with Gasteiger partial charge >= 0.3 is 0 Å². The summed E-state index contributed by atoms with van der Waals surface area (Å²) in [6.45, 7) is 0.736. The zero-order chi connectivity index (χ0) is 22.5. The minimum absolute atomic E-state index is 0.103. The quantitative estimate of drug-likeness (QED) is 0.534. The summed E-state index contributed by atoms with van der Waals surface area (Å²) < 4.78 is 10.5. The Bertz CT molecular complexity index is 1130. The largest absolute Gasteiger partial charge is 0.493 e. The molecular weight excluding hydrogens is 424 g/mol. The molecule has 0 bridgehead atoms. The van der Waals surface area contributed by atoms with Crippen LogP contribution in [0.3, 0.4) is 0 Å². The molecule has 6 nitrogen and oxygen atoms in total. The van der Waals surface area contributed by atoms with Gasteiger partial charge in [-0.3, -0.25) is 9.59 Å². The highest BCUT2D eigenvalue weighted by Gasteiger charge is 2.23. The van der Waals surface area contributed by atoms with Gasteiger partial charge in [-0.25, -0.2) is 0 Å². The van der Waals surface area contributed by atoms with Crippen molar-refractivity contribution in [3.05, 3.63) is 77.9 Å². The fraction of sp³-hybridized carbons (Fsp3) is 0.200. The summed E-state index contributed by atoms with van der Waals surface area (Å²) in [4.78, 5) is 28.1. The molecule has 4 rings (SSSR count). The van der Waals surface area contributed by atoms with E-state index in [9.17, 15) is 9.59 Å². The number of anilines is 2. The highest BCUT2D eigenvalue weighted by atomic mass is 32.2. The van der Waals surface area contributed by atoms with Crippen molar-refractivity contribution in [1.29, 1.82) is 0 Å². The maximum absolute atomic E-state index is 12.7. The first-order chi connectivity index (χ1) is 15.6. The van der Waals surface area contributed by atoms with Gasteiger partial charge < -0.3 is 19.7 Å². The Morgan fingerprint density at radius 3 is 2.47 bits per heavy atom. The number of para-hydroxylation sites is 1. The van der Waals surface area contributed by atoms with Crippen molar-refractivity contribution < 1.29 is 19.1 Å². The van der Waals surface area contributed by atoms with Crippen molar-refractivity contribution in [2.75, 3.05) is 36.7 Å². The lowest BCUT2D eigenvalue weighted by Gasteiger charge is -2.17. The smallest absolute Gasteiger partial charge is 0.255 e. The van der Waals surface area contributed by atoms with Gasteiger partial charge in [0, 0.05) is 28.4 Å². The minimum Gasteiger partial charge on any atom is -0.493 e. The molecule has 0 atom stereocenters. The number of methoxy groups -OCH3 is 2. The van der Waals surface area contributed by atoms with Gasteiger partial charge in [-0.1, -0.05) is 18.2 Å². The first-order valence-electron chi connectivity index (χ1n) is 10.2.